The summed E-state index contributed by atoms with van der Waals surface area (Å²) in [5, 5.41) is 11.1. The van der Waals surface area contributed by atoms with Gasteiger partial charge in [0.25, 0.3) is 5.91 Å². The Morgan fingerprint density at radius 1 is 1.15 bits per heavy atom. The van der Waals surface area contributed by atoms with E-state index in [0.717, 1.165) is 42.8 Å². The Kier molecular flexibility index (Phi) is 10.5. The zero-order valence-electron chi connectivity index (χ0n) is 27.3. The third kappa shape index (κ3) is 7.37. The van der Waals surface area contributed by atoms with E-state index < -0.39 is 27.3 Å². The van der Waals surface area contributed by atoms with Crippen LogP contribution in [0.15, 0.2) is 48.6 Å². The van der Waals surface area contributed by atoms with Gasteiger partial charge in [-0.2, -0.15) is 0 Å². The Morgan fingerprint density at radius 2 is 2.00 bits per heavy atom. The van der Waals surface area contributed by atoms with E-state index in [1.807, 2.05) is 25.1 Å². The van der Waals surface area contributed by atoms with Crippen molar-refractivity contribution in [2.75, 3.05) is 51.5 Å². The molecule has 1 amide bonds. The van der Waals surface area contributed by atoms with E-state index in [1.165, 1.54) is 11.1 Å². The van der Waals surface area contributed by atoms with Gasteiger partial charge in [-0.05, 0) is 104 Å². The molecular weight excluding hydrogens is 640 g/mol. The van der Waals surface area contributed by atoms with Gasteiger partial charge in [0.2, 0.25) is 10.0 Å². The Bertz CT molecular complexity index is 1580. The molecule has 6 rings (SSSR count). The largest absolute Gasteiger partial charge is 0.490 e. The van der Waals surface area contributed by atoms with Gasteiger partial charge in [-0.15, -0.1) is 0 Å². The maximum absolute atomic E-state index is 13.8. The first kappa shape index (κ1) is 34.2. The molecular formula is C36H47ClN2O7S. The van der Waals surface area contributed by atoms with Crippen LogP contribution in [0, 0.1) is 17.8 Å². The molecule has 4 unspecified atom stereocenters. The van der Waals surface area contributed by atoms with Crippen LogP contribution in [-0.4, -0.2) is 77.4 Å². The average Bonchev–Trinajstić information content (AvgIpc) is 3.17. The highest BCUT2D eigenvalue weighted by atomic mass is 35.5. The first-order valence-corrected chi connectivity index (χ1v) is 18.8. The lowest BCUT2D eigenvalue weighted by atomic mass is 9.68. The number of carbonyl (C=O) groups excluding carboxylic acids is 1. The van der Waals surface area contributed by atoms with E-state index >= 15 is 0 Å². The standard InChI is InChI=1S/C36H47ClN2O7S/c1-24-5-3-7-32(40)29-11-8-27(29)21-39-22-36(15-4-6-25-19-28(37)10-12-30(25)36)23-46-33-13-9-26(20-31(33)39)35(41)38-47(42,43)34(24)14-16-45-18-17-44-2/h3,7,9-10,12-13,19-20,24,27,29,32,34,40H,4-6,8,11,14-18,21-23H2,1-2H3,(H,38,41)/t24?,27-,29?,32?,34-,36?/m0/s1. The molecule has 2 bridgehead atoms. The van der Waals surface area contributed by atoms with E-state index in [-0.39, 0.29) is 41.8 Å². The lowest BCUT2D eigenvalue weighted by Crippen LogP contribution is -2.49. The van der Waals surface area contributed by atoms with Crippen LogP contribution in [0.2, 0.25) is 5.02 Å². The number of aliphatic hydroxyl groups excluding tert-OH is 1. The van der Waals surface area contributed by atoms with Crippen LogP contribution >= 0.6 is 11.6 Å². The Hall–Kier alpha value is -2.63. The van der Waals surface area contributed by atoms with E-state index in [2.05, 4.69) is 21.8 Å². The minimum absolute atomic E-state index is 0.0932. The third-order valence-corrected chi connectivity index (χ3v) is 13.0. The number of amides is 1. The maximum atomic E-state index is 13.8. The SMILES string of the molecule is COCCOCC[C@H]1C(C)CC=CC(O)C2CC[C@H]2CN2CC3(CCCc4cc(Cl)ccc43)COc3ccc(cc32)C(=O)NS1(=O)=O. The second-order valence-corrected chi connectivity index (χ2v) is 16.2. The molecule has 256 valence electrons. The summed E-state index contributed by atoms with van der Waals surface area (Å²) in [6.07, 6.45) is 8.62. The summed E-state index contributed by atoms with van der Waals surface area (Å²) in [5.41, 5.74) is 3.24. The first-order valence-electron chi connectivity index (χ1n) is 16.9. The number of ether oxygens (including phenoxy) is 3. The van der Waals surface area contributed by atoms with Gasteiger partial charge in [0.1, 0.15) is 5.75 Å². The average molecular weight is 687 g/mol. The number of nitrogens with zero attached hydrogens (tertiary/aromatic N) is 1. The number of benzene rings is 2. The lowest BCUT2D eigenvalue weighted by molar-refractivity contribution is 0.0455. The number of sulfonamides is 1. The van der Waals surface area contributed by atoms with Crippen molar-refractivity contribution < 1.29 is 32.5 Å². The van der Waals surface area contributed by atoms with Crippen LogP contribution in [0.3, 0.4) is 0 Å². The molecule has 47 heavy (non-hydrogen) atoms. The number of fused-ring (bicyclic) bond motifs is 4. The van der Waals surface area contributed by atoms with Crippen molar-refractivity contribution in [1.29, 1.82) is 0 Å². The van der Waals surface area contributed by atoms with Gasteiger partial charge < -0.3 is 24.2 Å². The number of hydrogen-bond donors (Lipinski definition) is 2. The fourth-order valence-corrected chi connectivity index (χ4v) is 9.84. The van der Waals surface area contributed by atoms with Crippen molar-refractivity contribution in [2.45, 2.75) is 68.6 Å². The summed E-state index contributed by atoms with van der Waals surface area (Å²) in [6.45, 7) is 4.69. The number of carbonyl (C=O) groups is 1. The predicted molar refractivity (Wildman–Crippen MR) is 183 cm³/mol. The number of nitrogens with one attached hydrogen (secondary N) is 1. The van der Waals surface area contributed by atoms with Crippen LogP contribution in [-0.2, 0) is 31.3 Å². The molecule has 2 aliphatic carbocycles. The second kappa shape index (κ2) is 14.5. The van der Waals surface area contributed by atoms with Gasteiger partial charge in [-0.25, -0.2) is 13.1 Å². The van der Waals surface area contributed by atoms with Gasteiger partial charge in [-0.1, -0.05) is 36.7 Å². The van der Waals surface area contributed by atoms with Crippen molar-refractivity contribution in [3.63, 3.8) is 0 Å². The number of anilines is 1. The van der Waals surface area contributed by atoms with Crippen LogP contribution < -0.4 is 14.4 Å². The molecule has 2 aromatic carbocycles. The Balaban J connectivity index is 1.35. The number of aliphatic hydroxyl groups is 1. The zero-order chi connectivity index (χ0) is 33.2. The molecule has 4 aliphatic rings. The van der Waals surface area contributed by atoms with Crippen molar-refractivity contribution >= 4 is 33.2 Å². The van der Waals surface area contributed by atoms with Crippen LogP contribution in [0.5, 0.6) is 5.75 Å². The summed E-state index contributed by atoms with van der Waals surface area (Å²) < 4.78 is 47.1. The molecule has 0 radical (unpaired) electrons. The molecule has 2 aromatic rings. The number of aryl methyl sites for hydroxylation is 1. The van der Waals surface area contributed by atoms with Crippen molar-refractivity contribution in [2.24, 2.45) is 17.8 Å². The topological polar surface area (TPSA) is 114 Å². The fourth-order valence-electron chi connectivity index (χ4n) is 7.99. The minimum Gasteiger partial charge on any atom is -0.490 e. The predicted octanol–water partition coefficient (Wildman–Crippen LogP) is 5.28. The summed E-state index contributed by atoms with van der Waals surface area (Å²) in [7, 11) is -2.50. The number of rotatable bonds is 6. The summed E-state index contributed by atoms with van der Waals surface area (Å²) in [5.74, 6) is 0.0306. The smallest absolute Gasteiger partial charge is 0.264 e. The molecule has 1 saturated carbocycles. The van der Waals surface area contributed by atoms with Gasteiger partial charge >= 0.3 is 0 Å². The van der Waals surface area contributed by atoms with Crippen molar-refractivity contribution in [1.82, 2.24) is 4.72 Å². The van der Waals surface area contributed by atoms with Gasteiger partial charge in [0.15, 0.2) is 0 Å². The molecule has 11 heteroatoms. The highest BCUT2D eigenvalue weighted by molar-refractivity contribution is 7.90. The molecule has 0 saturated heterocycles. The quantitative estimate of drug-likeness (QED) is 0.312. The Morgan fingerprint density at radius 3 is 2.79 bits per heavy atom. The molecule has 2 aliphatic heterocycles. The molecule has 2 heterocycles. The molecule has 1 fully saturated rings. The van der Waals surface area contributed by atoms with Crippen molar-refractivity contribution in [3.05, 3.63) is 70.3 Å². The van der Waals surface area contributed by atoms with E-state index in [4.69, 9.17) is 25.8 Å². The normalized spacial score (nSPS) is 30.3. The van der Waals surface area contributed by atoms with E-state index in [9.17, 15) is 18.3 Å². The molecule has 0 aromatic heterocycles. The van der Waals surface area contributed by atoms with Gasteiger partial charge in [-0.3, -0.25) is 4.79 Å². The monoisotopic (exact) mass is 686 g/mol. The number of methoxy groups -OCH3 is 1. The van der Waals surface area contributed by atoms with E-state index in [1.54, 1.807) is 25.3 Å². The van der Waals surface area contributed by atoms with Crippen LogP contribution in [0.4, 0.5) is 5.69 Å². The molecule has 1 spiro atoms. The summed E-state index contributed by atoms with van der Waals surface area (Å²) in [4.78, 5) is 16.0. The number of hydrogen-bond acceptors (Lipinski definition) is 8. The lowest BCUT2D eigenvalue weighted by Gasteiger charge is -2.45. The maximum Gasteiger partial charge on any atom is 0.264 e. The number of halogens is 1. The van der Waals surface area contributed by atoms with Gasteiger partial charge in [0.05, 0.1) is 36.9 Å². The fraction of sp³-hybridized carbons (Fsp3) is 0.583. The van der Waals surface area contributed by atoms with Crippen LogP contribution in [0.25, 0.3) is 0 Å². The van der Waals surface area contributed by atoms with Gasteiger partial charge in [0, 0.05) is 42.8 Å². The number of allylic oxidation sites excluding steroid dienone is 1. The minimum atomic E-state index is -4.08. The zero-order valence-corrected chi connectivity index (χ0v) is 28.9. The highest BCUT2D eigenvalue weighted by Gasteiger charge is 2.44. The molecule has 9 nitrogen and oxygen atoms in total. The van der Waals surface area contributed by atoms with E-state index in [0.29, 0.717) is 45.1 Å². The summed E-state index contributed by atoms with van der Waals surface area (Å²) in [6, 6.07) is 11.4. The molecule has 2 N–H and O–H groups in total. The summed E-state index contributed by atoms with van der Waals surface area (Å²) >= 11 is 6.41. The first-order chi connectivity index (χ1) is 22.6. The Labute approximate surface area is 283 Å². The van der Waals surface area contributed by atoms with Crippen LogP contribution in [0.1, 0.15) is 66.9 Å². The van der Waals surface area contributed by atoms with Crippen molar-refractivity contribution in [3.8, 4) is 5.75 Å². The third-order valence-electron chi connectivity index (χ3n) is 10.8. The molecule has 6 atom stereocenters. The second-order valence-electron chi connectivity index (χ2n) is 13.8. The highest BCUT2D eigenvalue weighted by Crippen LogP contribution is 2.46.